The van der Waals surface area contributed by atoms with Crippen molar-refractivity contribution in [2.75, 3.05) is 0 Å². The molecule has 4 heterocycles. The van der Waals surface area contributed by atoms with Gasteiger partial charge in [0.05, 0.1) is 16.1 Å². The lowest BCUT2D eigenvalue weighted by molar-refractivity contribution is -0.131. The number of aromatic hydroxyl groups is 1. The van der Waals surface area contributed by atoms with Crippen LogP contribution in [0.25, 0.3) is 153 Å². The van der Waals surface area contributed by atoms with Crippen LogP contribution in [0.4, 0.5) is 0 Å². The first-order valence-corrected chi connectivity index (χ1v) is 42.9. The van der Waals surface area contributed by atoms with Gasteiger partial charge in [-0.2, -0.15) is 0 Å². The molecule has 2 amide bonds. The Labute approximate surface area is 747 Å². The van der Waals surface area contributed by atoms with Crippen molar-refractivity contribution in [2.45, 2.75) is 12.8 Å². The minimum Gasteiger partial charge on any atom is -1.00 e. The summed E-state index contributed by atoms with van der Waals surface area (Å²) in [4.78, 5) is 20.9. The van der Waals surface area contributed by atoms with Gasteiger partial charge in [-0.3, -0.25) is 9.59 Å². The number of carbonyl (C=O) groups is 2. The molecule has 1 fully saturated rings. The first kappa shape index (κ1) is 82.1. The summed E-state index contributed by atoms with van der Waals surface area (Å²) in [5.41, 5.74) is 15.1. The van der Waals surface area contributed by atoms with Crippen LogP contribution in [0.15, 0.2) is 408 Å². The van der Waals surface area contributed by atoms with Gasteiger partial charge in [-0.05, 0) is 213 Å². The number of nitrogens with zero attached hydrogens (tertiary/aromatic N) is 1. The van der Waals surface area contributed by atoms with E-state index in [2.05, 4.69) is 258 Å². The molecule has 3 N–H and O–H groups in total. The fourth-order valence-electron chi connectivity index (χ4n) is 16.7. The lowest BCUT2D eigenvalue weighted by Crippen LogP contribution is -2.31. The third kappa shape index (κ3) is 16.4. The van der Waals surface area contributed by atoms with Gasteiger partial charge in [0.1, 0.15) is 40.2 Å². The fourth-order valence-corrected chi connectivity index (χ4v) is 18.1. The molecule has 0 bridgehead atoms. The predicted molar refractivity (Wildman–Crippen MR) is 522 cm³/mol. The molecule has 20 aromatic rings. The van der Waals surface area contributed by atoms with Crippen molar-refractivity contribution in [1.82, 2.24) is 3.93 Å². The maximum atomic E-state index is 10.4. The largest absolute Gasteiger partial charge is 1.00 e. The number of para-hydroxylation sites is 3. The molecule has 4 aliphatic heterocycles. The second kappa shape index (κ2) is 36.6. The summed E-state index contributed by atoms with van der Waals surface area (Å²) in [6.45, 7) is 0. The van der Waals surface area contributed by atoms with Gasteiger partial charge in [-0.15, -0.1) is 0 Å². The van der Waals surface area contributed by atoms with Crippen LogP contribution in [0.2, 0.25) is 0 Å². The number of ether oxygens (including phenoxy) is 3. The highest BCUT2D eigenvalue weighted by Crippen LogP contribution is 2.53. The third-order valence-electron chi connectivity index (χ3n) is 22.1. The van der Waals surface area contributed by atoms with Crippen molar-refractivity contribution in [3.8, 4) is 107 Å². The number of benzene rings is 20. The van der Waals surface area contributed by atoms with Crippen LogP contribution in [0.1, 0.15) is 12.8 Å². The molecule has 20 aromatic carbocycles. The number of rotatable bonds is 4. The van der Waals surface area contributed by atoms with Crippen LogP contribution in [-0.2, 0) is 9.59 Å². The van der Waals surface area contributed by atoms with E-state index in [-0.39, 0.29) is 20.2 Å². The number of hydrogen-bond donors (Lipinski definition) is 3. The molecule has 15 heteroatoms. The van der Waals surface area contributed by atoms with Gasteiger partial charge in [0.2, 0.25) is 11.8 Å². The summed E-state index contributed by atoms with van der Waals surface area (Å²) in [5.74, 6) is 5.66. The molecule has 4 radical (unpaired) electrons. The Bertz CT molecular complexity index is 7280. The molecule has 24 rings (SSSR count). The molecule has 0 unspecified atom stereocenters. The minimum absolute atomic E-state index is 0. The fraction of sp³-hybridized carbons (Fsp3) is 0.0185. The highest BCUT2D eigenvalue weighted by Gasteiger charge is 2.29. The van der Waals surface area contributed by atoms with E-state index in [4.69, 9.17) is 14.2 Å². The normalized spacial score (nSPS) is 11.9. The SMILES string of the molecule is Brc1ccc2c3c(cccc13)-c1ccccc1O2.Brc1ccccc1Br.O=C1CCC(=O)N1Br.OB(O)c1c2ccccc2c(-c2ccccc2)c2ccccc12.Oc1cccc2ccccc12.[B-].c1ccc(-c2c3ccccc3c(-c3ccc4c5c(cccc35)-c3ccccc3O4)c3ccccc23)cc1.c1ccc2c(c1)Oc1cccc3cccc-2c13. The van der Waals surface area contributed by atoms with Gasteiger partial charge in [-0.1, -0.05) is 344 Å². The van der Waals surface area contributed by atoms with Crippen LogP contribution in [0.3, 0.4) is 0 Å². The van der Waals surface area contributed by atoms with Crippen molar-refractivity contribution >= 4 is 183 Å². The van der Waals surface area contributed by atoms with Crippen molar-refractivity contribution in [1.29, 1.82) is 0 Å². The lowest BCUT2D eigenvalue weighted by Gasteiger charge is -2.24. The number of carbonyl (C=O) groups excluding carboxylic acids is 2. The molecule has 1 saturated heterocycles. The van der Waals surface area contributed by atoms with Gasteiger partial charge in [-0.25, -0.2) is 3.93 Å². The van der Waals surface area contributed by atoms with Crippen molar-refractivity contribution in [2.24, 2.45) is 0 Å². The Hall–Kier alpha value is -13.2. The minimum atomic E-state index is -1.50. The molecule has 0 aromatic heterocycles. The number of halogens is 4. The summed E-state index contributed by atoms with van der Waals surface area (Å²) >= 11 is 13.1. The topological polar surface area (TPSA) is 126 Å². The Morgan fingerprint density at radius 3 is 1.03 bits per heavy atom. The highest BCUT2D eigenvalue weighted by atomic mass is 79.9. The molecule has 4 aliphatic rings. The molecule has 0 atom stereocenters. The van der Waals surface area contributed by atoms with E-state index in [1.807, 2.05) is 194 Å². The van der Waals surface area contributed by atoms with E-state index in [9.17, 15) is 24.7 Å². The molecule has 123 heavy (non-hydrogen) atoms. The number of imide groups is 1. The molecule has 0 aliphatic carbocycles. The Morgan fingerprint density at radius 1 is 0.260 bits per heavy atom. The second-order valence-electron chi connectivity index (χ2n) is 29.4. The van der Waals surface area contributed by atoms with Gasteiger partial charge < -0.3 is 37.8 Å². The quantitative estimate of drug-likeness (QED) is 0.0689. The van der Waals surface area contributed by atoms with Gasteiger partial charge in [0, 0.05) is 69.9 Å². The standard InChI is InChI=1S/C36H22O.C20H15BO2.C16H9BrO.C16H10O.C10H8O.C6H4Br2.C4H4BrNO2.B/c1-2-11-23(12-3-1)34-26-14-4-6-16-28(26)35(29-17-7-5-15-27(29)34)31-21-22-33-36-25(18-10-19-30(31)36)24-13-8-9-20-32(24)37-33;22-21(23)20-17-12-6-4-10-15(17)19(14-8-2-1-3-9-14)16-11-5-7-13-18(16)20;17-13-8-9-15-16-11(5-3-6-12(13)16)10-4-1-2-7-14(10)18-15;1-2-9-14-12(7-1)13-8-3-5-11-6-4-10-15(17-14)16(11)13;11-10-7-3-5-8-4-1-2-6-9(8)10;7-5-3-1-2-4-6(5)8;5-6-3(7)1-2-4(6)8;/h1-22H;1-13,22-23H;1-9H;1-10H;1-7,11H;1-4H;1-2H2;/q;;;;;;;-1. The molecular weight excluding hydrogens is 1780 g/mol. The Morgan fingerprint density at radius 2 is 0.577 bits per heavy atom. The van der Waals surface area contributed by atoms with E-state index in [1.54, 1.807) is 6.07 Å². The zero-order valence-electron chi connectivity index (χ0n) is 65.9. The van der Waals surface area contributed by atoms with Crippen LogP contribution in [0.5, 0.6) is 40.2 Å². The Balaban J connectivity index is 0.000000109. The first-order chi connectivity index (χ1) is 59.8. The maximum absolute atomic E-state index is 10.4. The average molecular weight is 1850 g/mol. The zero-order chi connectivity index (χ0) is 83.3. The monoisotopic (exact) mass is 1850 g/mol. The Kier molecular flexibility index (Phi) is 24.4. The zero-order valence-corrected chi connectivity index (χ0v) is 72.3. The van der Waals surface area contributed by atoms with Crippen molar-refractivity contribution in [3.05, 3.63) is 408 Å². The average Bonchev–Trinajstić information content (AvgIpc) is 0.995. The van der Waals surface area contributed by atoms with Gasteiger partial charge in [0.15, 0.2) is 0 Å². The van der Waals surface area contributed by atoms with Gasteiger partial charge >= 0.3 is 7.12 Å². The van der Waals surface area contributed by atoms with Crippen LogP contribution in [0, 0.1) is 0 Å². The number of fused-ring (bicyclic) bond motifs is 11. The summed E-state index contributed by atoms with van der Waals surface area (Å²) < 4.78 is 22.6. The molecule has 592 valence electrons. The number of amides is 2. The number of phenolic OH excluding ortho intramolecular Hbond substituents is 1. The second-order valence-corrected chi connectivity index (χ2v) is 32.6. The summed E-state index contributed by atoms with van der Waals surface area (Å²) in [6, 6.07) is 134. The number of hydrogen-bond acceptors (Lipinski definition) is 8. The van der Waals surface area contributed by atoms with Crippen LogP contribution in [-0.4, -0.2) is 46.4 Å². The highest BCUT2D eigenvalue weighted by molar-refractivity contribution is 9.13. The van der Waals surface area contributed by atoms with E-state index in [1.165, 1.54) is 98.4 Å². The van der Waals surface area contributed by atoms with Gasteiger partial charge in [0.25, 0.3) is 0 Å². The maximum Gasteiger partial charge on any atom is 0.489 e. The predicted octanol–water partition coefficient (Wildman–Crippen LogP) is 29.4. The van der Waals surface area contributed by atoms with Crippen LogP contribution < -0.4 is 19.7 Å². The summed E-state index contributed by atoms with van der Waals surface area (Å²) in [5, 5.41) is 47.3. The molecular formula is C108H72B2Br4NO8-. The summed E-state index contributed by atoms with van der Waals surface area (Å²) in [6.07, 6.45) is 0.703. The lowest BCUT2D eigenvalue weighted by atomic mass is 9.72. The van der Waals surface area contributed by atoms with E-state index in [0.717, 1.165) is 106 Å². The number of phenols is 1. The molecule has 0 saturated carbocycles. The summed E-state index contributed by atoms with van der Waals surface area (Å²) in [7, 11) is -1.50. The van der Waals surface area contributed by atoms with E-state index in [0.29, 0.717) is 24.1 Å². The third-order valence-corrected chi connectivity index (χ3v) is 25.5. The first-order valence-electron chi connectivity index (χ1n) is 39.9. The van der Waals surface area contributed by atoms with E-state index >= 15 is 0 Å². The smallest absolute Gasteiger partial charge is 0.489 e. The van der Waals surface area contributed by atoms with Crippen molar-refractivity contribution < 1.29 is 39.0 Å². The van der Waals surface area contributed by atoms with E-state index < -0.39 is 7.12 Å². The molecule has 0 spiro atoms. The molecule has 9 nitrogen and oxygen atoms in total. The van der Waals surface area contributed by atoms with Crippen LogP contribution >= 0.6 is 63.9 Å². The van der Waals surface area contributed by atoms with Crippen molar-refractivity contribution in [3.63, 3.8) is 0 Å².